The lowest BCUT2D eigenvalue weighted by Crippen LogP contribution is -2.43. The van der Waals surface area contributed by atoms with Gasteiger partial charge in [-0.25, -0.2) is 4.79 Å². The fourth-order valence-corrected chi connectivity index (χ4v) is 3.66. The van der Waals surface area contributed by atoms with Gasteiger partial charge in [0.25, 0.3) is 0 Å². The number of rotatable bonds is 4. The Morgan fingerprint density at radius 2 is 1.88 bits per heavy atom. The summed E-state index contributed by atoms with van der Waals surface area (Å²) in [6.45, 7) is 3.71. The number of carbonyl (C=O) groups is 2. The normalized spacial score (nSPS) is 30.4. The van der Waals surface area contributed by atoms with E-state index in [9.17, 15) is 9.59 Å². The Kier molecular flexibility index (Phi) is 5.11. The highest BCUT2D eigenvalue weighted by Crippen LogP contribution is 2.42. The molecule has 25 heavy (non-hydrogen) atoms. The molecular weight excluding hydrogens is 324 g/mol. The molecule has 1 aromatic rings. The van der Waals surface area contributed by atoms with Crippen molar-refractivity contribution in [2.45, 2.75) is 57.2 Å². The highest BCUT2D eigenvalue weighted by atomic mass is 16.8. The Morgan fingerprint density at radius 1 is 1.16 bits per heavy atom. The first-order chi connectivity index (χ1) is 11.9. The van der Waals surface area contributed by atoms with Gasteiger partial charge in [-0.3, -0.25) is 4.79 Å². The molecule has 0 aromatic heterocycles. The highest BCUT2D eigenvalue weighted by molar-refractivity contribution is 5.89. The summed E-state index contributed by atoms with van der Waals surface area (Å²) in [5.41, 5.74) is 0.512. The molecule has 2 aliphatic rings. The fourth-order valence-electron chi connectivity index (χ4n) is 3.66. The summed E-state index contributed by atoms with van der Waals surface area (Å²) in [6.07, 6.45) is 0.614. The fraction of sp³-hybridized carbons (Fsp3) is 0.579. The summed E-state index contributed by atoms with van der Waals surface area (Å²) in [4.78, 5) is 24.1. The quantitative estimate of drug-likeness (QED) is 0.779. The van der Waals surface area contributed by atoms with Gasteiger partial charge in [0.2, 0.25) is 0 Å². The van der Waals surface area contributed by atoms with E-state index in [2.05, 4.69) is 0 Å². The Balaban J connectivity index is 1.71. The molecule has 1 heterocycles. The maximum absolute atomic E-state index is 12.3. The van der Waals surface area contributed by atoms with Crippen LogP contribution in [0.5, 0.6) is 0 Å². The van der Waals surface area contributed by atoms with Crippen LogP contribution in [-0.4, -0.2) is 43.1 Å². The van der Waals surface area contributed by atoms with Crippen LogP contribution in [0.4, 0.5) is 0 Å². The molecule has 136 valence electrons. The summed E-state index contributed by atoms with van der Waals surface area (Å²) in [7, 11) is 1.37. The topological polar surface area (TPSA) is 71.1 Å². The van der Waals surface area contributed by atoms with E-state index >= 15 is 0 Å². The number of esters is 2. The molecule has 0 bridgehead atoms. The van der Waals surface area contributed by atoms with Gasteiger partial charge in [0.15, 0.2) is 5.79 Å². The predicted octanol–water partition coefficient (Wildman–Crippen LogP) is 2.71. The average molecular weight is 348 g/mol. The van der Waals surface area contributed by atoms with Gasteiger partial charge >= 0.3 is 11.9 Å². The van der Waals surface area contributed by atoms with Crippen LogP contribution in [0.2, 0.25) is 0 Å². The minimum atomic E-state index is -0.706. The SMILES string of the molecule is COC(=O)C[C@@H]1C[C@@H](OC(=O)c2ccccc2)C[C@@H]2OC(C)(C)O[C@@H]12. The van der Waals surface area contributed by atoms with E-state index in [1.807, 2.05) is 19.9 Å². The van der Waals surface area contributed by atoms with Crippen molar-refractivity contribution in [2.24, 2.45) is 5.92 Å². The highest BCUT2D eigenvalue weighted by Gasteiger charge is 2.50. The van der Waals surface area contributed by atoms with Gasteiger partial charge in [0.1, 0.15) is 6.10 Å². The number of benzene rings is 1. The molecule has 0 N–H and O–H groups in total. The Bertz CT molecular complexity index is 626. The molecule has 2 fully saturated rings. The van der Waals surface area contributed by atoms with Crippen LogP contribution in [0.15, 0.2) is 30.3 Å². The summed E-state index contributed by atoms with van der Waals surface area (Å²) in [5.74, 6) is -1.48. The number of hydrogen-bond acceptors (Lipinski definition) is 6. The zero-order chi connectivity index (χ0) is 18.0. The lowest BCUT2D eigenvalue weighted by Gasteiger charge is -2.35. The summed E-state index contributed by atoms with van der Waals surface area (Å²) < 4.78 is 22.4. The lowest BCUT2D eigenvalue weighted by atomic mass is 9.81. The number of ether oxygens (including phenoxy) is 4. The maximum Gasteiger partial charge on any atom is 0.338 e. The van der Waals surface area contributed by atoms with Gasteiger partial charge in [0, 0.05) is 12.3 Å². The molecule has 4 atom stereocenters. The molecule has 0 radical (unpaired) electrons. The third kappa shape index (κ3) is 4.19. The Morgan fingerprint density at radius 3 is 2.56 bits per heavy atom. The number of carbonyl (C=O) groups excluding carboxylic acids is 2. The number of methoxy groups -OCH3 is 1. The van der Waals surface area contributed by atoms with Crippen LogP contribution in [0.3, 0.4) is 0 Å². The van der Waals surface area contributed by atoms with Crippen molar-refractivity contribution in [3.05, 3.63) is 35.9 Å². The molecule has 1 aliphatic carbocycles. The van der Waals surface area contributed by atoms with Crippen molar-refractivity contribution in [3.63, 3.8) is 0 Å². The molecule has 0 amide bonds. The van der Waals surface area contributed by atoms with Crippen molar-refractivity contribution in [1.82, 2.24) is 0 Å². The largest absolute Gasteiger partial charge is 0.469 e. The molecule has 1 aliphatic heterocycles. The van der Waals surface area contributed by atoms with Crippen LogP contribution < -0.4 is 0 Å². The van der Waals surface area contributed by atoms with E-state index < -0.39 is 5.79 Å². The van der Waals surface area contributed by atoms with Crippen molar-refractivity contribution in [1.29, 1.82) is 0 Å². The minimum Gasteiger partial charge on any atom is -0.469 e. The van der Waals surface area contributed by atoms with Crippen LogP contribution in [0, 0.1) is 5.92 Å². The van der Waals surface area contributed by atoms with E-state index in [-0.39, 0.29) is 42.6 Å². The van der Waals surface area contributed by atoms with E-state index in [4.69, 9.17) is 18.9 Å². The molecule has 3 rings (SSSR count). The van der Waals surface area contributed by atoms with E-state index in [0.717, 1.165) is 0 Å². The molecule has 1 saturated heterocycles. The molecule has 0 unspecified atom stereocenters. The van der Waals surface area contributed by atoms with E-state index in [1.54, 1.807) is 24.3 Å². The molecule has 1 saturated carbocycles. The van der Waals surface area contributed by atoms with E-state index in [0.29, 0.717) is 18.4 Å². The minimum absolute atomic E-state index is 0.110. The molecule has 1 aromatic carbocycles. The third-order valence-electron chi connectivity index (χ3n) is 4.69. The summed E-state index contributed by atoms with van der Waals surface area (Å²) in [5, 5.41) is 0. The van der Waals surface area contributed by atoms with Gasteiger partial charge in [-0.15, -0.1) is 0 Å². The maximum atomic E-state index is 12.3. The molecule has 0 spiro atoms. The second-order valence-corrected chi connectivity index (χ2v) is 7.04. The van der Waals surface area contributed by atoms with Gasteiger partial charge in [-0.1, -0.05) is 18.2 Å². The first kappa shape index (κ1) is 17.9. The second kappa shape index (κ2) is 7.14. The van der Waals surface area contributed by atoms with Crippen LogP contribution in [0.1, 0.15) is 43.5 Å². The van der Waals surface area contributed by atoms with Crippen LogP contribution in [-0.2, 0) is 23.7 Å². The third-order valence-corrected chi connectivity index (χ3v) is 4.69. The Hall–Kier alpha value is -1.92. The lowest BCUT2D eigenvalue weighted by molar-refractivity contribution is -0.153. The zero-order valence-electron chi connectivity index (χ0n) is 14.8. The van der Waals surface area contributed by atoms with Gasteiger partial charge in [-0.05, 0) is 32.4 Å². The monoisotopic (exact) mass is 348 g/mol. The predicted molar refractivity (Wildman–Crippen MR) is 88.8 cm³/mol. The van der Waals surface area contributed by atoms with Crippen LogP contribution in [0.25, 0.3) is 0 Å². The van der Waals surface area contributed by atoms with Crippen molar-refractivity contribution >= 4 is 11.9 Å². The molecule has 6 heteroatoms. The van der Waals surface area contributed by atoms with E-state index in [1.165, 1.54) is 7.11 Å². The second-order valence-electron chi connectivity index (χ2n) is 7.04. The van der Waals surface area contributed by atoms with Gasteiger partial charge in [0.05, 0.1) is 31.3 Å². The van der Waals surface area contributed by atoms with Gasteiger partial charge < -0.3 is 18.9 Å². The number of hydrogen-bond donors (Lipinski definition) is 0. The smallest absolute Gasteiger partial charge is 0.338 e. The molecular formula is C19H24O6. The van der Waals surface area contributed by atoms with Gasteiger partial charge in [-0.2, -0.15) is 0 Å². The number of fused-ring (bicyclic) bond motifs is 1. The first-order valence-corrected chi connectivity index (χ1v) is 8.56. The zero-order valence-corrected chi connectivity index (χ0v) is 14.8. The van der Waals surface area contributed by atoms with Crippen molar-refractivity contribution in [2.75, 3.05) is 7.11 Å². The summed E-state index contributed by atoms with van der Waals surface area (Å²) in [6, 6.07) is 8.88. The van der Waals surface area contributed by atoms with Crippen LogP contribution >= 0.6 is 0 Å². The molecule has 6 nitrogen and oxygen atoms in total. The Labute approximate surface area is 147 Å². The van der Waals surface area contributed by atoms with Crippen molar-refractivity contribution < 1.29 is 28.5 Å². The van der Waals surface area contributed by atoms with Crippen molar-refractivity contribution in [3.8, 4) is 0 Å². The average Bonchev–Trinajstić information content (AvgIpc) is 2.89. The first-order valence-electron chi connectivity index (χ1n) is 8.56. The summed E-state index contributed by atoms with van der Waals surface area (Å²) >= 11 is 0. The standard InChI is InChI=1S/C19H24O6/c1-19(2)24-15-11-14(23-18(21)12-7-5-4-6-8-12)9-13(17(15)25-19)10-16(20)22-3/h4-8,13-15,17H,9-11H2,1-3H3/t13-,14+,15-,17-/m0/s1.